The molecule has 0 bridgehead atoms. The Labute approximate surface area is 77.0 Å². The van der Waals surface area contributed by atoms with E-state index in [0.29, 0.717) is 0 Å². The monoisotopic (exact) mass is 176 g/mol. The summed E-state index contributed by atoms with van der Waals surface area (Å²) in [7, 11) is 0. The minimum atomic E-state index is 0.769. The lowest BCUT2D eigenvalue weighted by Crippen LogP contribution is -2.02. The molecule has 0 fully saturated rings. The van der Waals surface area contributed by atoms with Crippen LogP contribution in [0.2, 0.25) is 0 Å². The van der Waals surface area contributed by atoms with Crippen LogP contribution in [0.4, 0.5) is 0 Å². The van der Waals surface area contributed by atoms with Crippen LogP contribution in [-0.4, -0.2) is 9.72 Å². The van der Waals surface area contributed by atoms with Gasteiger partial charge in [0, 0.05) is 17.5 Å². The van der Waals surface area contributed by atoms with Gasteiger partial charge in [0.25, 0.3) is 0 Å². The van der Waals surface area contributed by atoms with Crippen molar-refractivity contribution in [3.05, 3.63) is 41.5 Å². The molecular formula is C10H12N2O. The highest BCUT2D eigenvalue weighted by molar-refractivity contribution is 5.15. The Morgan fingerprint density at radius 3 is 2.46 bits per heavy atom. The molecule has 0 radical (unpaired) electrons. The fourth-order valence-electron chi connectivity index (χ4n) is 1.43. The summed E-state index contributed by atoms with van der Waals surface area (Å²) >= 11 is 0. The van der Waals surface area contributed by atoms with Crippen LogP contribution in [0.5, 0.6) is 0 Å². The molecule has 0 atom stereocenters. The summed E-state index contributed by atoms with van der Waals surface area (Å²) in [5, 5.41) is 3.67. The molecule has 0 unspecified atom stereocenters. The van der Waals surface area contributed by atoms with E-state index in [1.165, 1.54) is 11.4 Å². The van der Waals surface area contributed by atoms with Crippen molar-refractivity contribution in [3.8, 4) is 0 Å². The first-order valence-electron chi connectivity index (χ1n) is 4.29. The molecule has 0 aliphatic rings. The lowest BCUT2D eigenvalue weighted by molar-refractivity contribution is 0.375. The number of aryl methyl sites for hydroxylation is 2. The highest BCUT2D eigenvalue weighted by atomic mass is 16.5. The molecule has 2 aromatic rings. The van der Waals surface area contributed by atoms with Crippen molar-refractivity contribution in [3.63, 3.8) is 0 Å². The smallest absolute Gasteiger partial charge is 0.156 e. The zero-order valence-electron chi connectivity index (χ0n) is 7.82. The minimum absolute atomic E-state index is 0.769. The normalized spacial score (nSPS) is 10.6. The standard InChI is InChI=1S/C10H12N2O/c1-8-3-4-9(2)12(8)7-10-5-6-11-13-10/h3-6H,7H2,1-2H3. The lowest BCUT2D eigenvalue weighted by atomic mass is 10.4. The molecule has 0 amide bonds. The minimum Gasteiger partial charge on any atom is -0.359 e. The predicted molar refractivity (Wildman–Crippen MR) is 49.5 cm³/mol. The average Bonchev–Trinajstić information content (AvgIpc) is 2.70. The summed E-state index contributed by atoms with van der Waals surface area (Å²) in [5.41, 5.74) is 2.49. The van der Waals surface area contributed by atoms with E-state index >= 15 is 0 Å². The number of hydrogen-bond acceptors (Lipinski definition) is 2. The van der Waals surface area contributed by atoms with Crippen molar-refractivity contribution < 1.29 is 4.52 Å². The van der Waals surface area contributed by atoms with Crippen molar-refractivity contribution in [2.45, 2.75) is 20.4 Å². The maximum atomic E-state index is 5.05. The van der Waals surface area contributed by atoms with Crippen LogP contribution < -0.4 is 0 Å². The third-order valence-electron chi connectivity index (χ3n) is 2.22. The second kappa shape index (κ2) is 3.09. The SMILES string of the molecule is Cc1ccc(C)n1Cc1ccno1. The summed E-state index contributed by atoms with van der Waals surface area (Å²) in [5.74, 6) is 0.891. The van der Waals surface area contributed by atoms with Gasteiger partial charge in [-0.3, -0.25) is 0 Å². The molecule has 0 N–H and O–H groups in total. The fourth-order valence-corrected chi connectivity index (χ4v) is 1.43. The summed E-state index contributed by atoms with van der Waals surface area (Å²) in [6, 6.07) is 6.09. The Bertz CT molecular complexity index is 367. The molecule has 2 rings (SSSR count). The van der Waals surface area contributed by atoms with E-state index in [-0.39, 0.29) is 0 Å². The quantitative estimate of drug-likeness (QED) is 0.702. The van der Waals surface area contributed by atoms with Gasteiger partial charge in [0.1, 0.15) is 0 Å². The van der Waals surface area contributed by atoms with Crippen LogP contribution in [0.1, 0.15) is 17.1 Å². The van der Waals surface area contributed by atoms with Crippen molar-refractivity contribution in [1.29, 1.82) is 0 Å². The Balaban J connectivity index is 2.27. The van der Waals surface area contributed by atoms with Gasteiger partial charge in [-0.15, -0.1) is 0 Å². The van der Waals surface area contributed by atoms with Gasteiger partial charge in [0.2, 0.25) is 0 Å². The van der Waals surface area contributed by atoms with Gasteiger partial charge >= 0.3 is 0 Å². The van der Waals surface area contributed by atoms with E-state index in [0.717, 1.165) is 12.3 Å². The molecule has 3 heteroatoms. The second-order valence-electron chi connectivity index (χ2n) is 3.18. The highest BCUT2D eigenvalue weighted by Gasteiger charge is 2.03. The highest BCUT2D eigenvalue weighted by Crippen LogP contribution is 2.10. The zero-order chi connectivity index (χ0) is 9.26. The van der Waals surface area contributed by atoms with Crippen molar-refractivity contribution in [1.82, 2.24) is 9.72 Å². The number of hydrogen-bond donors (Lipinski definition) is 0. The van der Waals surface area contributed by atoms with E-state index in [1.54, 1.807) is 6.20 Å². The van der Waals surface area contributed by atoms with Crippen LogP contribution in [0, 0.1) is 13.8 Å². The van der Waals surface area contributed by atoms with Gasteiger partial charge in [0.05, 0.1) is 12.7 Å². The Morgan fingerprint density at radius 2 is 1.92 bits per heavy atom. The molecule has 68 valence electrons. The molecular weight excluding hydrogens is 164 g/mol. The molecule has 13 heavy (non-hydrogen) atoms. The molecule has 2 aromatic heterocycles. The van der Waals surface area contributed by atoms with E-state index in [1.807, 2.05) is 6.07 Å². The second-order valence-corrected chi connectivity index (χ2v) is 3.18. The Kier molecular flexibility index (Phi) is 1.93. The van der Waals surface area contributed by atoms with Gasteiger partial charge in [0.15, 0.2) is 5.76 Å². The van der Waals surface area contributed by atoms with Crippen LogP contribution >= 0.6 is 0 Å². The topological polar surface area (TPSA) is 31.0 Å². The first-order chi connectivity index (χ1) is 6.27. The van der Waals surface area contributed by atoms with E-state index in [9.17, 15) is 0 Å². The number of rotatable bonds is 2. The maximum Gasteiger partial charge on any atom is 0.156 e. The number of nitrogens with zero attached hydrogens (tertiary/aromatic N) is 2. The molecule has 0 aliphatic heterocycles. The van der Waals surface area contributed by atoms with Crippen LogP contribution in [0.15, 0.2) is 28.9 Å². The van der Waals surface area contributed by atoms with E-state index in [2.05, 4.69) is 35.7 Å². The summed E-state index contributed by atoms with van der Waals surface area (Å²) < 4.78 is 7.24. The van der Waals surface area contributed by atoms with Crippen molar-refractivity contribution in [2.75, 3.05) is 0 Å². The average molecular weight is 176 g/mol. The van der Waals surface area contributed by atoms with Crippen LogP contribution in [0.25, 0.3) is 0 Å². The third kappa shape index (κ3) is 1.49. The van der Waals surface area contributed by atoms with E-state index < -0.39 is 0 Å². The predicted octanol–water partition coefficient (Wildman–Crippen LogP) is 2.14. The van der Waals surface area contributed by atoms with Gasteiger partial charge in [-0.05, 0) is 26.0 Å². The van der Waals surface area contributed by atoms with Gasteiger partial charge < -0.3 is 9.09 Å². The first kappa shape index (κ1) is 8.10. The van der Waals surface area contributed by atoms with Crippen molar-refractivity contribution in [2.24, 2.45) is 0 Å². The summed E-state index contributed by atoms with van der Waals surface area (Å²) in [6.45, 7) is 4.94. The summed E-state index contributed by atoms with van der Waals surface area (Å²) in [6.07, 6.45) is 1.67. The molecule has 0 aliphatic carbocycles. The maximum absolute atomic E-state index is 5.05. The van der Waals surface area contributed by atoms with Crippen molar-refractivity contribution >= 4 is 0 Å². The molecule has 0 saturated heterocycles. The van der Waals surface area contributed by atoms with Crippen LogP contribution in [-0.2, 0) is 6.54 Å². The zero-order valence-corrected chi connectivity index (χ0v) is 7.82. The molecule has 0 saturated carbocycles. The fraction of sp³-hybridized carbons (Fsp3) is 0.300. The largest absolute Gasteiger partial charge is 0.359 e. The third-order valence-corrected chi connectivity index (χ3v) is 2.22. The number of aromatic nitrogens is 2. The molecule has 0 spiro atoms. The molecule has 3 nitrogen and oxygen atoms in total. The Morgan fingerprint density at radius 1 is 1.23 bits per heavy atom. The van der Waals surface area contributed by atoms with Gasteiger partial charge in [-0.2, -0.15) is 0 Å². The Hall–Kier alpha value is -1.51. The summed E-state index contributed by atoms with van der Waals surface area (Å²) in [4.78, 5) is 0. The first-order valence-corrected chi connectivity index (χ1v) is 4.29. The molecule has 0 aromatic carbocycles. The van der Waals surface area contributed by atoms with Crippen LogP contribution in [0.3, 0.4) is 0 Å². The lowest BCUT2D eigenvalue weighted by Gasteiger charge is -2.05. The van der Waals surface area contributed by atoms with Gasteiger partial charge in [-0.1, -0.05) is 5.16 Å². The molecule has 2 heterocycles. The van der Waals surface area contributed by atoms with E-state index in [4.69, 9.17) is 4.52 Å². The van der Waals surface area contributed by atoms with Gasteiger partial charge in [-0.25, -0.2) is 0 Å².